The molecule has 6 rings (SSSR count). The molecular formula is C32H35N5O4. The van der Waals surface area contributed by atoms with Gasteiger partial charge in [0.1, 0.15) is 11.3 Å². The molecule has 1 spiro atoms. The summed E-state index contributed by atoms with van der Waals surface area (Å²) in [6.07, 6.45) is 6.61. The van der Waals surface area contributed by atoms with E-state index < -0.39 is 0 Å². The number of pyridine rings is 1. The highest BCUT2D eigenvalue weighted by Gasteiger charge is 2.76. The van der Waals surface area contributed by atoms with Crippen LogP contribution in [-0.2, 0) is 11.2 Å². The van der Waals surface area contributed by atoms with E-state index in [-0.39, 0.29) is 22.9 Å². The lowest BCUT2D eigenvalue weighted by Gasteiger charge is -2.15. The van der Waals surface area contributed by atoms with E-state index in [1.54, 1.807) is 39.7 Å². The Morgan fingerprint density at radius 3 is 2.56 bits per heavy atom. The number of carbonyl (C=O) groups excluding carboxylic acids is 1. The van der Waals surface area contributed by atoms with Gasteiger partial charge in [-0.3, -0.25) is 9.78 Å². The summed E-state index contributed by atoms with van der Waals surface area (Å²) in [4.78, 5) is 26.8. The number of fused-ring (bicyclic) bond motifs is 1. The Labute approximate surface area is 239 Å². The number of aromatic nitrogens is 3. The van der Waals surface area contributed by atoms with Crippen molar-refractivity contribution in [3.8, 4) is 28.5 Å². The quantitative estimate of drug-likeness (QED) is 0.244. The van der Waals surface area contributed by atoms with Gasteiger partial charge in [0.15, 0.2) is 17.1 Å². The molecule has 0 radical (unpaired) electrons. The number of nitrogens with one attached hydrogen (secondary N) is 2. The summed E-state index contributed by atoms with van der Waals surface area (Å²) in [5.41, 5.74) is 4.05. The molecule has 1 aliphatic carbocycles. The molecule has 41 heavy (non-hydrogen) atoms. The van der Waals surface area contributed by atoms with E-state index in [1.165, 1.54) is 5.56 Å². The third-order valence-corrected chi connectivity index (χ3v) is 8.65. The molecule has 3 atom stereocenters. The van der Waals surface area contributed by atoms with E-state index in [1.807, 2.05) is 12.1 Å². The largest absolute Gasteiger partial charge is 0.493 e. The predicted molar refractivity (Wildman–Crippen MR) is 157 cm³/mol. The van der Waals surface area contributed by atoms with Gasteiger partial charge in [0.2, 0.25) is 11.7 Å². The van der Waals surface area contributed by atoms with Gasteiger partial charge in [0.05, 0.1) is 33.2 Å². The van der Waals surface area contributed by atoms with Crippen LogP contribution in [0.2, 0.25) is 0 Å². The first-order chi connectivity index (χ1) is 19.9. The number of ether oxygens (including phenoxy) is 3. The number of anilines is 1. The van der Waals surface area contributed by atoms with Gasteiger partial charge >= 0.3 is 0 Å². The van der Waals surface area contributed by atoms with Crippen LogP contribution in [0.4, 0.5) is 5.82 Å². The van der Waals surface area contributed by atoms with Crippen LogP contribution in [0.15, 0.2) is 60.8 Å². The first-order valence-corrected chi connectivity index (χ1v) is 13.9. The normalized spacial score (nSPS) is 22.4. The van der Waals surface area contributed by atoms with E-state index in [9.17, 15) is 4.79 Å². The molecule has 2 aromatic heterocycles. The van der Waals surface area contributed by atoms with Crippen LogP contribution in [0.3, 0.4) is 0 Å². The zero-order valence-corrected chi connectivity index (χ0v) is 23.9. The lowest BCUT2D eigenvalue weighted by molar-refractivity contribution is -0.116. The average molecular weight is 554 g/mol. The Hall–Kier alpha value is -4.24. The maximum atomic E-state index is 13.0. The van der Waals surface area contributed by atoms with Crippen molar-refractivity contribution in [3.05, 3.63) is 66.4 Å². The summed E-state index contributed by atoms with van der Waals surface area (Å²) in [5, 5.41) is 6.58. The van der Waals surface area contributed by atoms with Crippen LogP contribution >= 0.6 is 0 Å². The maximum absolute atomic E-state index is 13.0. The minimum Gasteiger partial charge on any atom is -0.493 e. The Morgan fingerprint density at radius 1 is 1.00 bits per heavy atom. The zero-order chi connectivity index (χ0) is 28.6. The second kappa shape index (κ2) is 10.6. The fourth-order valence-corrected chi connectivity index (χ4v) is 6.25. The number of benzene rings is 2. The Morgan fingerprint density at radius 2 is 1.80 bits per heavy atom. The van der Waals surface area contributed by atoms with E-state index in [0.717, 1.165) is 25.7 Å². The van der Waals surface area contributed by atoms with Gasteiger partial charge < -0.3 is 24.8 Å². The molecule has 1 saturated carbocycles. The first-order valence-electron chi connectivity index (χ1n) is 13.9. The number of aryl methyl sites for hydroxylation is 1. The monoisotopic (exact) mass is 553 g/mol. The van der Waals surface area contributed by atoms with Gasteiger partial charge in [-0.15, -0.1) is 0 Å². The molecule has 212 valence electrons. The van der Waals surface area contributed by atoms with Crippen molar-refractivity contribution in [1.29, 1.82) is 0 Å². The second-order valence-electron chi connectivity index (χ2n) is 11.2. The fraction of sp³-hybridized carbons (Fsp3) is 0.375. The molecule has 1 amide bonds. The zero-order valence-electron chi connectivity index (χ0n) is 23.9. The van der Waals surface area contributed by atoms with Crippen LogP contribution in [0.1, 0.15) is 38.2 Å². The molecule has 9 heteroatoms. The lowest BCUT2D eigenvalue weighted by atomic mass is 9.95. The molecule has 0 bridgehead atoms. The molecule has 1 saturated heterocycles. The van der Waals surface area contributed by atoms with Crippen molar-refractivity contribution < 1.29 is 19.0 Å². The summed E-state index contributed by atoms with van der Waals surface area (Å²) in [7, 11) is 4.69. The average Bonchev–Trinajstić information content (AvgIpc) is 3.84. The van der Waals surface area contributed by atoms with Crippen LogP contribution in [-0.4, -0.2) is 53.8 Å². The number of carbonyl (C=O) groups is 1. The van der Waals surface area contributed by atoms with Gasteiger partial charge in [-0.05, 0) is 60.9 Å². The van der Waals surface area contributed by atoms with Crippen molar-refractivity contribution >= 4 is 22.9 Å². The lowest BCUT2D eigenvalue weighted by Crippen LogP contribution is -2.17. The van der Waals surface area contributed by atoms with Gasteiger partial charge in [-0.1, -0.05) is 37.3 Å². The Kier molecular flexibility index (Phi) is 6.99. The summed E-state index contributed by atoms with van der Waals surface area (Å²) < 4.78 is 16.5. The van der Waals surface area contributed by atoms with E-state index in [0.29, 0.717) is 51.9 Å². The number of nitrogens with zero attached hydrogens (tertiary/aromatic N) is 3. The number of rotatable bonds is 11. The molecular weight excluding hydrogens is 518 g/mol. The van der Waals surface area contributed by atoms with Crippen LogP contribution in [0, 0.1) is 5.41 Å². The summed E-state index contributed by atoms with van der Waals surface area (Å²) in [5.74, 6) is 1.90. The standard InChI is InChI=1S/C32H35N5O4/c1-31(16-8-11-20-9-6-5-7-10-20)19-32(31)25(37-32)17-27(38)35-26-15-13-22-30(36-26)34-23(18-33-22)21-12-14-24(39-2)29(41-4)28(21)40-3/h5-7,9-10,12-15,18,25,37H,8,11,16-17,19H2,1-4H3,(H,34,35,36,38)/t25?,31-,32?/m0/s1. The van der Waals surface area contributed by atoms with Crippen LogP contribution < -0.4 is 24.8 Å². The highest BCUT2D eigenvalue weighted by Crippen LogP contribution is 2.68. The van der Waals surface area contributed by atoms with Crippen molar-refractivity contribution in [2.24, 2.45) is 5.41 Å². The fourth-order valence-electron chi connectivity index (χ4n) is 6.25. The van der Waals surface area contributed by atoms with Crippen LogP contribution in [0.5, 0.6) is 17.2 Å². The topological polar surface area (TPSA) is 117 Å². The molecule has 2 N–H and O–H groups in total. The smallest absolute Gasteiger partial charge is 0.227 e. The van der Waals surface area contributed by atoms with Crippen molar-refractivity contribution in [2.75, 3.05) is 26.6 Å². The molecule has 2 fully saturated rings. The Bertz CT molecular complexity index is 1600. The van der Waals surface area contributed by atoms with E-state index in [4.69, 9.17) is 19.2 Å². The highest BCUT2D eigenvalue weighted by molar-refractivity contribution is 5.92. The summed E-state index contributed by atoms with van der Waals surface area (Å²) in [6.45, 7) is 2.34. The SMILES string of the molecule is COc1ccc(-c2cnc3ccc(NC(=O)CC4NC45C[C@]5(C)CCCc4ccccc4)nc3n2)c(OC)c1OC. The number of methoxy groups -OCH3 is 3. The third kappa shape index (κ3) is 5.06. The number of hydrogen-bond acceptors (Lipinski definition) is 8. The van der Waals surface area contributed by atoms with Crippen molar-refractivity contribution in [2.45, 2.75) is 50.6 Å². The number of hydrogen-bond donors (Lipinski definition) is 2. The molecule has 9 nitrogen and oxygen atoms in total. The molecule has 3 heterocycles. The van der Waals surface area contributed by atoms with E-state index >= 15 is 0 Å². The van der Waals surface area contributed by atoms with Gasteiger partial charge in [-0.2, -0.15) is 0 Å². The Balaban J connectivity index is 1.10. The minimum absolute atomic E-state index is 0.0598. The molecule has 1 aliphatic heterocycles. The molecule has 2 aliphatic rings. The first kappa shape index (κ1) is 27.0. The minimum atomic E-state index is -0.0598. The third-order valence-electron chi connectivity index (χ3n) is 8.65. The molecule has 2 unspecified atom stereocenters. The van der Waals surface area contributed by atoms with Crippen LogP contribution in [0.25, 0.3) is 22.4 Å². The number of amides is 1. The van der Waals surface area contributed by atoms with Gasteiger partial charge in [0.25, 0.3) is 0 Å². The maximum Gasteiger partial charge on any atom is 0.227 e. The van der Waals surface area contributed by atoms with Gasteiger partial charge in [-0.25, -0.2) is 9.97 Å². The van der Waals surface area contributed by atoms with E-state index in [2.05, 4.69) is 57.9 Å². The summed E-state index contributed by atoms with van der Waals surface area (Å²) in [6, 6.07) is 18.0. The highest BCUT2D eigenvalue weighted by atomic mass is 16.5. The summed E-state index contributed by atoms with van der Waals surface area (Å²) >= 11 is 0. The molecule has 4 aromatic rings. The van der Waals surface area contributed by atoms with Gasteiger partial charge in [0, 0.05) is 23.6 Å². The van der Waals surface area contributed by atoms with Crippen molar-refractivity contribution in [3.63, 3.8) is 0 Å². The second-order valence-corrected chi connectivity index (χ2v) is 11.2. The predicted octanol–water partition coefficient (Wildman–Crippen LogP) is 5.19. The molecule has 2 aromatic carbocycles. The van der Waals surface area contributed by atoms with Crippen molar-refractivity contribution in [1.82, 2.24) is 20.3 Å².